The fourth-order valence-electron chi connectivity index (χ4n) is 4.48. The van der Waals surface area contributed by atoms with Gasteiger partial charge in [-0.1, -0.05) is 31.0 Å². The Balaban J connectivity index is 0.00000156. The molecule has 0 radical (unpaired) electrons. The van der Waals surface area contributed by atoms with E-state index in [2.05, 4.69) is 16.7 Å². The highest BCUT2D eigenvalue weighted by Crippen LogP contribution is 2.44. The second-order valence-electron chi connectivity index (χ2n) is 6.93. The third-order valence-electron chi connectivity index (χ3n) is 5.75. The zero-order valence-corrected chi connectivity index (χ0v) is 14.2. The number of hydrogen-bond acceptors (Lipinski definition) is 3. The molecule has 23 heavy (non-hydrogen) atoms. The maximum absolute atomic E-state index is 13.1. The summed E-state index contributed by atoms with van der Waals surface area (Å²) in [4.78, 5) is 13.1. The first-order valence-corrected chi connectivity index (χ1v) is 8.53. The fourth-order valence-corrected chi connectivity index (χ4v) is 4.48. The molecule has 1 aromatic rings. The monoisotopic (exact) mass is 336 g/mol. The molecule has 2 fully saturated rings. The Labute approximate surface area is 143 Å². The van der Waals surface area contributed by atoms with Crippen molar-refractivity contribution in [3.63, 3.8) is 0 Å². The van der Waals surface area contributed by atoms with Crippen LogP contribution in [-0.2, 0) is 4.79 Å². The molecule has 4 rings (SSSR count). The molecule has 5 heteroatoms. The number of benzene rings is 1. The molecule has 1 amide bonds. The van der Waals surface area contributed by atoms with Crippen molar-refractivity contribution < 1.29 is 9.53 Å². The summed E-state index contributed by atoms with van der Waals surface area (Å²) in [7, 11) is 0. The van der Waals surface area contributed by atoms with Crippen LogP contribution in [0.1, 0.15) is 43.7 Å². The number of halogens is 1. The standard InChI is InChI=1S/C18H24N2O2.ClH/c21-17(18-9-4-3-5-13(18)11-19-12-18)20-15-8-10-22-16-7-2-1-6-14(15)16;/h1-2,6-7,13,15,19H,3-5,8-12H2,(H,20,21);1H/t13-,15?,18+;/m0./s1. The molecule has 1 aromatic carbocycles. The maximum atomic E-state index is 13.1. The summed E-state index contributed by atoms with van der Waals surface area (Å²) in [6.07, 6.45) is 5.51. The summed E-state index contributed by atoms with van der Waals surface area (Å²) >= 11 is 0. The second kappa shape index (κ2) is 6.70. The van der Waals surface area contributed by atoms with Crippen LogP contribution in [0.25, 0.3) is 0 Å². The fraction of sp³-hybridized carbons (Fsp3) is 0.611. The number of para-hydroxylation sites is 1. The lowest BCUT2D eigenvalue weighted by Crippen LogP contribution is -2.49. The largest absolute Gasteiger partial charge is 0.493 e. The van der Waals surface area contributed by atoms with Crippen LogP contribution in [0.2, 0.25) is 0 Å². The van der Waals surface area contributed by atoms with Crippen LogP contribution in [-0.4, -0.2) is 25.6 Å². The Morgan fingerprint density at radius 3 is 3.04 bits per heavy atom. The van der Waals surface area contributed by atoms with E-state index in [1.807, 2.05) is 18.2 Å². The quantitative estimate of drug-likeness (QED) is 0.873. The molecule has 1 saturated carbocycles. The molecule has 126 valence electrons. The summed E-state index contributed by atoms with van der Waals surface area (Å²) in [5, 5.41) is 6.80. The normalized spacial score (nSPS) is 32.0. The average molecular weight is 337 g/mol. The van der Waals surface area contributed by atoms with Crippen LogP contribution < -0.4 is 15.4 Å². The number of fused-ring (bicyclic) bond motifs is 2. The first kappa shape index (κ1) is 16.6. The number of carbonyl (C=O) groups is 1. The van der Waals surface area contributed by atoms with Gasteiger partial charge in [0.1, 0.15) is 5.75 Å². The van der Waals surface area contributed by atoms with E-state index >= 15 is 0 Å². The van der Waals surface area contributed by atoms with Crippen LogP contribution >= 0.6 is 12.4 Å². The van der Waals surface area contributed by atoms with E-state index in [9.17, 15) is 4.79 Å². The number of ether oxygens (including phenoxy) is 1. The smallest absolute Gasteiger partial charge is 0.228 e. The molecule has 1 aliphatic carbocycles. The van der Waals surface area contributed by atoms with E-state index in [4.69, 9.17) is 4.74 Å². The van der Waals surface area contributed by atoms with Crippen LogP contribution in [0.4, 0.5) is 0 Å². The van der Waals surface area contributed by atoms with Crippen molar-refractivity contribution in [1.29, 1.82) is 0 Å². The van der Waals surface area contributed by atoms with Gasteiger partial charge in [0, 0.05) is 18.5 Å². The van der Waals surface area contributed by atoms with E-state index in [1.54, 1.807) is 0 Å². The van der Waals surface area contributed by atoms with Gasteiger partial charge in [-0.3, -0.25) is 4.79 Å². The molecule has 3 aliphatic rings. The van der Waals surface area contributed by atoms with Gasteiger partial charge < -0.3 is 15.4 Å². The first-order chi connectivity index (χ1) is 10.8. The maximum Gasteiger partial charge on any atom is 0.228 e. The van der Waals surface area contributed by atoms with Gasteiger partial charge in [-0.25, -0.2) is 0 Å². The van der Waals surface area contributed by atoms with Gasteiger partial charge in [0.2, 0.25) is 5.91 Å². The summed E-state index contributed by atoms with van der Waals surface area (Å²) in [5.74, 6) is 1.68. The Morgan fingerprint density at radius 2 is 2.13 bits per heavy atom. The zero-order valence-electron chi connectivity index (χ0n) is 13.3. The molecular weight excluding hydrogens is 312 g/mol. The minimum Gasteiger partial charge on any atom is -0.493 e. The topological polar surface area (TPSA) is 50.4 Å². The van der Waals surface area contributed by atoms with Gasteiger partial charge in [0.25, 0.3) is 0 Å². The number of hydrogen-bond donors (Lipinski definition) is 2. The molecule has 0 spiro atoms. The molecule has 0 bridgehead atoms. The van der Waals surface area contributed by atoms with Gasteiger partial charge >= 0.3 is 0 Å². The third kappa shape index (κ3) is 2.83. The summed E-state index contributed by atoms with van der Waals surface area (Å²) in [5.41, 5.74) is 0.947. The van der Waals surface area contributed by atoms with Crippen molar-refractivity contribution in [2.45, 2.75) is 38.1 Å². The number of carbonyl (C=O) groups excluding carboxylic acids is 1. The number of amides is 1. The second-order valence-corrected chi connectivity index (χ2v) is 6.93. The Hall–Kier alpha value is -1.26. The Morgan fingerprint density at radius 1 is 1.26 bits per heavy atom. The first-order valence-electron chi connectivity index (χ1n) is 8.53. The Bertz CT molecular complexity index is 580. The van der Waals surface area contributed by atoms with Crippen LogP contribution in [0.5, 0.6) is 5.75 Å². The molecule has 4 nitrogen and oxygen atoms in total. The van der Waals surface area contributed by atoms with Crippen molar-refractivity contribution in [1.82, 2.24) is 10.6 Å². The molecule has 2 N–H and O–H groups in total. The van der Waals surface area contributed by atoms with E-state index in [1.165, 1.54) is 19.3 Å². The van der Waals surface area contributed by atoms with Gasteiger partial charge in [-0.15, -0.1) is 12.4 Å². The highest BCUT2D eigenvalue weighted by molar-refractivity contribution is 5.85. The highest BCUT2D eigenvalue weighted by atomic mass is 35.5. The van der Waals surface area contributed by atoms with Gasteiger partial charge in [-0.05, 0) is 31.4 Å². The predicted molar refractivity (Wildman–Crippen MR) is 91.9 cm³/mol. The molecular formula is C18H25ClN2O2. The SMILES string of the molecule is Cl.O=C(NC1CCOc2ccccc21)[C@@]12CCCC[C@H]1CNC2. The minimum atomic E-state index is -0.175. The van der Waals surface area contributed by atoms with Crippen molar-refractivity contribution in [2.24, 2.45) is 11.3 Å². The number of nitrogens with one attached hydrogen (secondary N) is 2. The van der Waals surface area contributed by atoms with Crippen LogP contribution in [0.3, 0.4) is 0 Å². The van der Waals surface area contributed by atoms with Crippen molar-refractivity contribution in [3.8, 4) is 5.75 Å². The van der Waals surface area contributed by atoms with Crippen molar-refractivity contribution in [2.75, 3.05) is 19.7 Å². The lowest BCUT2D eigenvalue weighted by molar-refractivity contribution is -0.135. The van der Waals surface area contributed by atoms with Crippen molar-refractivity contribution >= 4 is 18.3 Å². The molecule has 0 aromatic heterocycles. The minimum absolute atomic E-state index is 0. The van der Waals surface area contributed by atoms with E-state index in [-0.39, 0.29) is 29.8 Å². The molecule has 1 unspecified atom stereocenters. The molecule has 2 aliphatic heterocycles. The van der Waals surface area contributed by atoms with Crippen LogP contribution in [0.15, 0.2) is 24.3 Å². The lowest BCUT2D eigenvalue weighted by atomic mass is 9.67. The lowest BCUT2D eigenvalue weighted by Gasteiger charge is -2.39. The number of rotatable bonds is 2. The predicted octanol–water partition coefficient (Wildman–Crippen LogP) is 2.83. The summed E-state index contributed by atoms with van der Waals surface area (Å²) < 4.78 is 5.70. The van der Waals surface area contributed by atoms with E-state index in [0.717, 1.165) is 37.2 Å². The third-order valence-corrected chi connectivity index (χ3v) is 5.75. The molecule has 2 heterocycles. The van der Waals surface area contributed by atoms with Crippen LogP contribution in [0, 0.1) is 11.3 Å². The molecule has 3 atom stereocenters. The zero-order chi connectivity index (χ0) is 15.0. The molecule has 1 saturated heterocycles. The Kier molecular flexibility index (Phi) is 4.83. The van der Waals surface area contributed by atoms with E-state index < -0.39 is 0 Å². The van der Waals surface area contributed by atoms with Gasteiger partial charge in [0.15, 0.2) is 0 Å². The summed E-state index contributed by atoms with van der Waals surface area (Å²) in [6, 6.07) is 8.16. The average Bonchev–Trinajstić information content (AvgIpc) is 3.00. The summed E-state index contributed by atoms with van der Waals surface area (Å²) in [6.45, 7) is 2.52. The van der Waals surface area contributed by atoms with Crippen molar-refractivity contribution in [3.05, 3.63) is 29.8 Å². The highest BCUT2D eigenvalue weighted by Gasteiger charge is 2.50. The van der Waals surface area contributed by atoms with Gasteiger partial charge in [-0.2, -0.15) is 0 Å². The van der Waals surface area contributed by atoms with Gasteiger partial charge in [0.05, 0.1) is 18.1 Å². The van der Waals surface area contributed by atoms with E-state index in [0.29, 0.717) is 12.5 Å².